The maximum Gasteiger partial charge on any atom is 0.286 e. The van der Waals surface area contributed by atoms with E-state index in [1.807, 2.05) is 20.8 Å². The minimum absolute atomic E-state index is 0.295. The number of halogens is 1. The quantitative estimate of drug-likeness (QED) is 0.152. The molecular weight excluding hydrogens is 379 g/mol. The van der Waals surface area contributed by atoms with Crippen molar-refractivity contribution in [3.05, 3.63) is 0 Å². The van der Waals surface area contributed by atoms with Crippen LogP contribution in [0.5, 0.6) is 0 Å². The molecule has 0 amide bonds. The van der Waals surface area contributed by atoms with E-state index < -0.39 is 5.97 Å². The van der Waals surface area contributed by atoms with Crippen LogP contribution >= 0.6 is 22.6 Å². The first-order chi connectivity index (χ1) is 10.2. The molecule has 128 valence electrons. The first kappa shape index (κ1) is 21.6. The molecule has 0 aliphatic carbocycles. The third kappa shape index (κ3) is 8.72. The van der Waals surface area contributed by atoms with Gasteiger partial charge in [-0.1, -0.05) is 68.0 Å². The molecule has 4 heteroatoms. The van der Waals surface area contributed by atoms with Gasteiger partial charge in [0.05, 0.1) is 0 Å². The molecule has 0 aliphatic heterocycles. The van der Waals surface area contributed by atoms with E-state index in [2.05, 4.69) is 29.5 Å². The van der Waals surface area contributed by atoms with Gasteiger partial charge in [0.2, 0.25) is 0 Å². The molecule has 3 nitrogen and oxygen atoms in total. The second-order valence-corrected chi connectivity index (χ2v) is 6.19. The molecule has 0 spiro atoms. The van der Waals surface area contributed by atoms with Crippen LogP contribution in [-0.2, 0) is 14.2 Å². The van der Waals surface area contributed by atoms with E-state index in [1.165, 1.54) is 38.5 Å². The summed E-state index contributed by atoms with van der Waals surface area (Å²) in [5.41, 5.74) is 0. The van der Waals surface area contributed by atoms with Gasteiger partial charge < -0.3 is 14.2 Å². The summed E-state index contributed by atoms with van der Waals surface area (Å²) in [6.07, 6.45) is 9.00. The van der Waals surface area contributed by atoms with E-state index in [1.54, 1.807) is 0 Å². The average Bonchev–Trinajstić information content (AvgIpc) is 2.47. The van der Waals surface area contributed by atoms with Gasteiger partial charge >= 0.3 is 0 Å². The Kier molecular flexibility index (Phi) is 14.6. The number of unbranched alkanes of at least 4 members (excludes halogenated alkanes) is 5. The topological polar surface area (TPSA) is 27.7 Å². The Bertz CT molecular complexity index is 207. The Labute approximate surface area is 145 Å². The van der Waals surface area contributed by atoms with E-state index in [0.717, 1.165) is 10.8 Å². The molecule has 0 saturated carbocycles. The predicted octanol–water partition coefficient (Wildman–Crippen LogP) is 5.55. The van der Waals surface area contributed by atoms with E-state index in [9.17, 15) is 0 Å². The van der Waals surface area contributed by atoms with Crippen molar-refractivity contribution < 1.29 is 14.2 Å². The standard InChI is InChI=1S/C17H35IO3/c1-5-9-10-11-12-13-14-16(15-18)17(19-6-2,20-7-3)21-8-4/h16H,5-15H2,1-4H3. The van der Waals surface area contributed by atoms with Crippen molar-refractivity contribution in [2.45, 2.75) is 78.6 Å². The maximum atomic E-state index is 5.91. The summed E-state index contributed by atoms with van der Waals surface area (Å²) in [4.78, 5) is 0. The molecule has 0 aromatic rings. The van der Waals surface area contributed by atoms with Crippen LogP contribution in [0.25, 0.3) is 0 Å². The smallest absolute Gasteiger partial charge is 0.286 e. The molecule has 0 radical (unpaired) electrons. The van der Waals surface area contributed by atoms with Gasteiger partial charge in [-0.3, -0.25) is 0 Å². The predicted molar refractivity (Wildman–Crippen MR) is 98.0 cm³/mol. The van der Waals surface area contributed by atoms with Crippen molar-refractivity contribution >= 4 is 22.6 Å². The summed E-state index contributed by atoms with van der Waals surface area (Å²) >= 11 is 2.43. The van der Waals surface area contributed by atoms with Gasteiger partial charge in [-0.2, -0.15) is 0 Å². The van der Waals surface area contributed by atoms with Crippen LogP contribution in [0, 0.1) is 5.92 Å². The van der Waals surface area contributed by atoms with Gasteiger partial charge in [0.1, 0.15) is 0 Å². The summed E-state index contributed by atoms with van der Waals surface area (Å²) < 4.78 is 18.7. The van der Waals surface area contributed by atoms with Crippen molar-refractivity contribution in [1.82, 2.24) is 0 Å². The van der Waals surface area contributed by atoms with Crippen molar-refractivity contribution in [2.75, 3.05) is 24.2 Å². The molecule has 0 saturated heterocycles. The summed E-state index contributed by atoms with van der Waals surface area (Å²) in [5.74, 6) is -0.549. The van der Waals surface area contributed by atoms with Gasteiger partial charge in [-0.25, -0.2) is 0 Å². The van der Waals surface area contributed by atoms with Gasteiger partial charge in [0, 0.05) is 30.2 Å². The molecule has 1 unspecified atom stereocenters. The monoisotopic (exact) mass is 414 g/mol. The van der Waals surface area contributed by atoms with Crippen LogP contribution in [0.4, 0.5) is 0 Å². The SMILES string of the molecule is CCCCCCCCC(CI)C(OCC)(OCC)OCC. The Morgan fingerprint density at radius 1 is 0.762 bits per heavy atom. The average molecular weight is 414 g/mol. The van der Waals surface area contributed by atoms with Gasteiger partial charge in [-0.05, 0) is 27.2 Å². The molecule has 0 aromatic heterocycles. The summed E-state index contributed by atoms with van der Waals surface area (Å²) in [5, 5.41) is 0. The lowest BCUT2D eigenvalue weighted by molar-refractivity contribution is -0.399. The Morgan fingerprint density at radius 3 is 1.67 bits per heavy atom. The lowest BCUT2D eigenvalue weighted by atomic mass is 9.99. The molecule has 0 fully saturated rings. The fourth-order valence-corrected chi connectivity index (χ4v) is 3.58. The summed E-state index contributed by atoms with van der Waals surface area (Å²) in [6, 6.07) is 0. The molecule has 0 aromatic carbocycles. The highest BCUT2D eigenvalue weighted by molar-refractivity contribution is 14.1. The second-order valence-electron chi connectivity index (χ2n) is 5.31. The van der Waals surface area contributed by atoms with Crippen LogP contribution in [0.15, 0.2) is 0 Å². The third-order valence-corrected chi connectivity index (χ3v) is 4.69. The number of rotatable bonds is 15. The van der Waals surface area contributed by atoms with Crippen molar-refractivity contribution in [3.8, 4) is 0 Å². The number of alkyl halides is 1. The minimum atomic E-state index is -0.844. The van der Waals surface area contributed by atoms with E-state index >= 15 is 0 Å². The summed E-state index contributed by atoms with van der Waals surface area (Å²) in [7, 11) is 0. The normalized spacial score (nSPS) is 13.6. The fraction of sp³-hybridized carbons (Fsp3) is 1.00. The molecular formula is C17H35IO3. The number of ether oxygens (including phenoxy) is 3. The Balaban J connectivity index is 4.43. The third-order valence-electron chi connectivity index (χ3n) is 3.63. The fourth-order valence-electron chi connectivity index (χ4n) is 2.60. The van der Waals surface area contributed by atoms with Crippen LogP contribution in [-0.4, -0.2) is 30.2 Å². The molecule has 21 heavy (non-hydrogen) atoms. The largest absolute Gasteiger partial charge is 0.328 e. The van der Waals surface area contributed by atoms with Crippen molar-refractivity contribution in [3.63, 3.8) is 0 Å². The minimum Gasteiger partial charge on any atom is -0.328 e. The highest BCUT2D eigenvalue weighted by Gasteiger charge is 2.41. The molecule has 0 N–H and O–H groups in total. The second kappa shape index (κ2) is 14.2. The first-order valence-electron chi connectivity index (χ1n) is 8.68. The Hall–Kier alpha value is 0.610. The van der Waals surface area contributed by atoms with Crippen LogP contribution in [0.1, 0.15) is 72.6 Å². The van der Waals surface area contributed by atoms with Gasteiger partial charge in [-0.15, -0.1) is 0 Å². The number of hydrogen-bond acceptors (Lipinski definition) is 3. The Morgan fingerprint density at radius 2 is 1.24 bits per heavy atom. The highest BCUT2D eigenvalue weighted by atomic mass is 127. The maximum absolute atomic E-state index is 5.91. The first-order valence-corrected chi connectivity index (χ1v) is 10.2. The van der Waals surface area contributed by atoms with E-state index in [-0.39, 0.29) is 0 Å². The van der Waals surface area contributed by atoms with E-state index in [0.29, 0.717) is 25.7 Å². The number of hydrogen-bond donors (Lipinski definition) is 0. The lowest BCUT2D eigenvalue weighted by Gasteiger charge is -2.38. The van der Waals surface area contributed by atoms with Crippen LogP contribution in [0.3, 0.4) is 0 Å². The van der Waals surface area contributed by atoms with Gasteiger partial charge in [0.25, 0.3) is 5.97 Å². The van der Waals surface area contributed by atoms with E-state index in [4.69, 9.17) is 14.2 Å². The summed E-state index contributed by atoms with van der Waals surface area (Å²) in [6.45, 7) is 10.1. The molecule has 0 aliphatic rings. The van der Waals surface area contributed by atoms with Crippen molar-refractivity contribution in [2.24, 2.45) is 5.92 Å². The highest BCUT2D eigenvalue weighted by Crippen LogP contribution is 2.32. The molecule has 0 heterocycles. The van der Waals surface area contributed by atoms with Gasteiger partial charge in [0.15, 0.2) is 0 Å². The van der Waals surface area contributed by atoms with Crippen molar-refractivity contribution in [1.29, 1.82) is 0 Å². The van der Waals surface area contributed by atoms with Crippen LogP contribution in [0.2, 0.25) is 0 Å². The lowest BCUT2D eigenvalue weighted by Crippen LogP contribution is -2.47. The zero-order chi connectivity index (χ0) is 16.0. The molecule has 0 bridgehead atoms. The molecule has 0 rings (SSSR count). The zero-order valence-corrected chi connectivity index (χ0v) is 16.6. The molecule has 1 atom stereocenters. The zero-order valence-electron chi connectivity index (χ0n) is 14.5. The van der Waals surface area contributed by atoms with Crippen LogP contribution < -0.4 is 0 Å².